The molecular formula is C76H141NO10. The van der Waals surface area contributed by atoms with Crippen LogP contribution in [0.15, 0.2) is 48.6 Å². The third-order valence-electron chi connectivity index (χ3n) is 17.6. The molecule has 0 saturated carbocycles. The van der Waals surface area contributed by atoms with E-state index >= 15 is 0 Å². The maximum Gasteiger partial charge on any atom is 0.305 e. The van der Waals surface area contributed by atoms with Gasteiger partial charge in [0, 0.05) is 12.8 Å². The molecule has 1 amide bonds. The van der Waals surface area contributed by atoms with E-state index in [0.29, 0.717) is 19.4 Å². The molecule has 0 aromatic carbocycles. The van der Waals surface area contributed by atoms with Crippen LogP contribution >= 0.6 is 0 Å². The first-order valence-electron chi connectivity index (χ1n) is 37.4. The molecule has 1 heterocycles. The van der Waals surface area contributed by atoms with Crippen molar-refractivity contribution in [2.45, 2.75) is 403 Å². The molecule has 510 valence electrons. The van der Waals surface area contributed by atoms with E-state index in [4.69, 9.17) is 14.2 Å². The second-order valence-electron chi connectivity index (χ2n) is 26.0. The monoisotopic (exact) mass is 1230 g/mol. The summed E-state index contributed by atoms with van der Waals surface area (Å²) in [5, 5.41) is 54.3. The third-order valence-corrected chi connectivity index (χ3v) is 17.6. The van der Waals surface area contributed by atoms with Gasteiger partial charge in [0.05, 0.1) is 32.0 Å². The summed E-state index contributed by atoms with van der Waals surface area (Å²) in [5.74, 6) is -0.179. The quantitative estimate of drug-likeness (QED) is 0.0195. The van der Waals surface area contributed by atoms with Gasteiger partial charge in [0.25, 0.3) is 0 Å². The highest BCUT2D eigenvalue weighted by molar-refractivity contribution is 5.76. The van der Waals surface area contributed by atoms with Crippen LogP contribution in [0.5, 0.6) is 0 Å². The Morgan fingerprint density at radius 2 is 0.793 bits per heavy atom. The second kappa shape index (κ2) is 65.1. The molecule has 87 heavy (non-hydrogen) atoms. The zero-order valence-corrected chi connectivity index (χ0v) is 56.7. The van der Waals surface area contributed by atoms with E-state index in [9.17, 15) is 35.1 Å². The van der Waals surface area contributed by atoms with Gasteiger partial charge in [0.2, 0.25) is 5.91 Å². The van der Waals surface area contributed by atoms with E-state index in [1.807, 2.05) is 6.08 Å². The van der Waals surface area contributed by atoms with Crippen molar-refractivity contribution < 1.29 is 49.3 Å². The Bertz CT molecular complexity index is 1580. The lowest BCUT2D eigenvalue weighted by atomic mass is 9.99. The molecule has 6 N–H and O–H groups in total. The molecule has 0 bridgehead atoms. The fourth-order valence-electron chi connectivity index (χ4n) is 11.8. The van der Waals surface area contributed by atoms with Gasteiger partial charge in [0.1, 0.15) is 24.4 Å². The summed E-state index contributed by atoms with van der Waals surface area (Å²) in [6.07, 6.45) is 75.8. The summed E-state index contributed by atoms with van der Waals surface area (Å²) in [6.45, 7) is 4.28. The molecule has 7 atom stereocenters. The highest BCUT2D eigenvalue weighted by Gasteiger charge is 2.44. The van der Waals surface area contributed by atoms with E-state index in [0.717, 1.165) is 64.2 Å². The van der Waals surface area contributed by atoms with Crippen LogP contribution in [-0.2, 0) is 23.8 Å². The van der Waals surface area contributed by atoms with Crippen LogP contribution in [0.1, 0.15) is 361 Å². The first-order valence-corrected chi connectivity index (χ1v) is 37.4. The number of carbonyl (C=O) groups excluding carboxylic acids is 2. The Labute approximate surface area is 536 Å². The summed E-state index contributed by atoms with van der Waals surface area (Å²) in [5.41, 5.74) is 0. The van der Waals surface area contributed by atoms with Crippen molar-refractivity contribution in [3.05, 3.63) is 48.6 Å². The summed E-state index contributed by atoms with van der Waals surface area (Å²) in [7, 11) is 0. The van der Waals surface area contributed by atoms with Crippen LogP contribution in [-0.4, -0.2) is 100 Å². The Balaban J connectivity index is 1.87. The third kappa shape index (κ3) is 53.9. The molecule has 0 radical (unpaired) electrons. The number of rotatable bonds is 66. The van der Waals surface area contributed by atoms with Crippen LogP contribution < -0.4 is 5.32 Å². The minimum Gasteiger partial charge on any atom is -0.466 e. The smallest absolute Gasteiger partial charge is 0.305 e. The van der Waals surface area contributed by atoms with Crippen molar-refractivity contribution in [2.24, 2.45) is 0 Å². The number of nitrogens with one attached hydrogen (secondary N) is 1. The average Bonchev–Trinajstić information content (AvgIpc) is 3.11. The molecular weight excluding hydrogens is 1090 g/mol. The van der Waals surface area contributed by atoms with E-state index < -0.39 is 49.5 Å². The molecule has 11 nitrogen and oxygen atoms in total. The lowest BCUT2D eigenvalue weighted by Gasteiger charge is -2.40. The standard InChI is InChI=1S/C76H141NO10/c1-3-5-7-9-11-13-14-40-44-48-52-56-60-64-72(81)85-65-61-57-53-49-45-42-39-37-35-33-31-29-27-25-23-21-19-17-15-16-18-20-22-24-26-28-30-32-34-36-38-41-43-47-51-55-59-63-71(80)77-68(69(79)62-58-54-50-46-12-10-8-6-4-2)67-86-76-75(84)74(83)73(82)70(66-78)87-76/h7,9,13-15,17,58,62,68-70,73-76,78-79,82-84H,3-6,8,10-12,16,18-57,59-61,63-67H2,1-2H3,(H,77,80)/b9-7-,14-13-,17-15-,62-58+. The number of aliphatic hydroxyl groups is 5. The molecule has 1 fully saturated rings. The van der Waals surface area contributed by atoms with Gasteiger partial charge >= 0.3 is 5.97 Å². The van der Waals surface area contributed by atoms with Crippen LogP contribution in [0.2, 0.25) is 0 Å². The Morgan fingerprint density at radius 3 is 1.22 bits per heavy atom. The minimum atomic E-state index is -1.57. The number of esters is 1. The predicted octanol–water partition coefficient (Wildman–Crippen LogP) is 19.5. The fourth-order valence-corrected chi connectivity index (χ4v) is 11.8. The lowest BCUT2D eigenvalue weighted by molar-refractivity contribution is -0.302. The average molecular weight is 1230 g/mol. The van der Waals surface area contributed by atoms with Crippen molar-refractivity contribution >= 4 is 11.9 Å². The van der Waals surface area contributed by atoms with Gasteiger partial charge in [-0.3, -0.25) is 9.59 Å². The zero-order chi connectivity index (χ0) is 63.0. The SMILES string of the molecule is CCC/C=C\C/C=C\CCCCCCCC(=O)OCCCCCCCCCCCCCCCCCC/C=C\CCCCCCCCCCCCCCCCCCCC(=O)NC(COC1OC(CO)C(O)C(O)C1O)C(O)/C=C/CCCCCCCCC. The normalized spacial score (nSPS) is 18.1. The molecule has 0 aromatic rings. The van der Waals surface area contributed by atoms with Gasteiger partial charge < -0.3 is 45.1 Å². The summed E-state index contributed by atoms with van der Waals surface area (Å²) < 4.78 is 16.7. The molecule has 1 rings (SSSR count). The lowest BCUT2D eigenvalue weighted by Crippen LogP contribution is -2.60. The Hall–Kier alpha value is -2.38. The van der Waals surface area contributed by atoms with Crippen LogP contribution in [0.4, 0.5) is 0 Å². The van der Waals surface area contributed by atoms with Gasteiger partial charge in [-0.1, -0.05) is 313 Å². The van der Waals surface area contributed by atoms with E-state index in [-0.39, 0.29) is 18.5 Å². The largest absolute Gasteiger partial charge is 0.466 e. The predicted molar refractivity (Wildman–Crippen MR) is 366 cm³/mol. The van der Waals surface area contributed by atoms with E-state index in [1.165, 1.54) is 270 Å². The van der Waals surface area contributed by atoms with Gasteiger partial charge in [-0.2, -0.15) is 0 Å². The number of hydrogen-bond acceptors (Lipinski definition) is 10. The molecule has 7 unspecified atom stereocenters. The summed E-state index contributed by atoms with van der Waals surface area (Å²) in [6, 6.07) is -0.806. The van der Waals surface area contributed by atoms with Gasteiger partial charge in [-0.05, 0) is 83.5 Å². The van der Waals surface area contributed by atoms with Gasteiger partial charge in [-0.25, -0.2) is 0 Å². The number of allylic oxidation sites excluding steroid dienone is 7. The van der Waals surface area contributed by atoms with E-state index in [2.05, 4.69) is 55.6 Å². The Morgan fingerprint density at radius 1 is 0.425 bits per heavy atom. The van der Waals surface area contributed by atoms with Gasteiger partial charge in [0.15, 0.2) is 6.29 Å². The van der Waals surface area contributed by atoms with Crippen LogP contribution in [0.3, 0.4) is 0 Å². The van der Waals surface area contributed by atoms with Gasteiger partial charge in [-0.15, -0.1) is 0 Å². The minimum absolute atomic E-state index is 0.000158. The molecule has 0 spiro atoms. The summed E-state index contributed by atoms with van der Waals surface area (Å²) >= 11 is 0. The molecule has 1 saturated heterocycles. The first-order chi connectivity index (χ1) is 42.7. The van der Waals surface area contributed by atoms with Crippen molar-refractivity contribution in [3.63, 3.8) is 0 Å². The van der Waals surface area contributed by atoms with Crippen LogP contribution in [0, 0.1) is 0 Å². The number of ether oxygens (including phenoxy) is 3. The summed E-state index contributed by atoms with van der Waals surface area (Å²) in [4.78, 5) is 25.1. The zero-order valence-electron chi connectivity index (χ0n) is 56.7. The molecule has 0 aliphatic carbocycles. The molecule has 11 heteroatoms. The number of aliphatic hydroxyl groups excluding tert-OH is 5. The number of hydrogen-bond donors (Lipinski definition) is 6. The maximum absolute atomic E-state index is 13.0. The second-order valence-corrected chi connectivity index (χ2v) is 26.0. The number of unbranched alkanes of at least 4 members (excludes halogenated alkanes) is 46. The maximum atomic E-state index is 13.0. The molecule has 1 aliphatic rings. The Kier molecular flexibility index (Phi) is 61.9. The fraction of sp³-hybridized carbons (Fsp3) is 0.868. The number of carbonyl (C=O) groups is 2. The van der Waals surface area contributed by atoms with Crippen molar-refractivity contribution in [1.29, 1.82) is 0 Å². The topological polar surface area (TPSA) is 175 Å². The van der Waals surface area contributed by atoms with Crippen molar-refractivity contribution in [2.75, 3.05) is 19.8 Å². The first kappa shape index (κ1) is 82.6. The number of amides is 1. The van der Waals surface area contributed by atoms with Crippen molar-refractivity contribution in [3.8, 4) is 0 Å². The van der Waals surface area contributed by atoms with E-state index in [1.54, 1.807) is 6.08 Å². The molecule has 0 aromatic heterocycles. The highest BCUT2D eigenvalue weighted by atomic mass is 16.7. The molecule has 1 aliphatic heterocycles. The highest BCUT2D eigenvalue weighted by Crippen LogP contribution is 2.23. The van der Waals surface area contributed by atoms with Crippen LogP contribution in [0.25, 0.3) is 0 Å². The van der Waals surface area contributed by atoms with Crippen molar-refractivity contribution in [1.82, 2.24) is 5.32 Å².